The Hall–Kier alpha value is -1.74. The molecular formula is C17H15BrF3NO3S. The molecule has 2 aromatic rings. The van der Waals surface area contributed by atoms with Crippen LogP contribution in [0.1, 0.15) is 24.0 Å². The minimum atomic E-state index is -5.00. The van der Waals surface area contributed by atoms with Crippen molar-refractivity contribution in [3.63, 3.8) is 0 Å². The van der Waals surface area contributed by atoms with Crippen molar-refractivity contribution in [1.82, 2.24) is 0 Å². The van der Waals surface area contributed by atoms with E-state index in [2.05, 4.69) is 25.4 Å². The predicted octanol–water partition coefficient (Wildman–Crippen LogP) is 5.03. The zero-order chi connectivity index (χ0) is 18.9. The van der Waals surface area contributed by atoms with Crippen molar-refractivity contribution in [2.45, 2.75) is 36.9 Å². The van der Waals surface area contributed by atoms with Gasteiger partial charge in [-0.1, -0.05) is 28.1 Å². The first-order valence-electron chi connectivity index (χ1n) is 7.84. The number of alkyl halides is 3. The zero-order valence-electron chi connectivity index (χ0n) is 13.4. The number of benzene rings is 2. The first-order valence-corrected chi connectivity index (χ1v) is 10.1. The Balaban J connectivity index is 2.00. The van der Waals surface area contributed by atoms with Gasteiger partial charge in [-0.2, -0.15) is 0 Å². The first kappa shape index (κ1) is 19.0. The third-order valence-electron chi connectivity index (χ3n) is 4.06. The van der Waals surface area contributed by atoms with E-state index in [4.69, 9.17) is 0 Å². The summed E-state index contributed by atoms with van der Waals surface area (Å²) in [5, 5.41) is 0. The van der Waals surface area contributed by atoms with E-state index in [1.54, 1.807) is 12.1 Å². The number of ether oxygens (including phenoxy) is 1. The molecule has 0 saturated heterocycles. The largest absolute Gasteiger partial charge is 0.573 e. The molecule has 0 spiro atoms. The van der Waals surface area contributed by atoms with Crippen LogP contribution in [0.15, 0.2) is 45.8 Å². The Labute approximate surface area is 157 Å². The molecule has 9 heteroatoms. The fourth-order valence-corrected chi connectivity index (χ4v) is 4.53. The lowest BCUT2D eigenvalue weighted by Gasteiger charge is -2.21. The topological polar surface area (TPSA) is 55.4 Å². The van der Waals surface area contributed by atoms with Gasteiger partial charge >= 0.3 is 6.36 Å². The van der Waals surface area contributed by atoms with Gasteiger partial charge in [0.05, 0.1) is 5.69 Å². The van der Waals surface area contributed by atoms with Crippen LogP contribution in [0.5, 0.6) is 5.75 Å². The highest BCUT2D eigenvalue weighted by Crippen LogP contribution is 2.35. The molecule has 2 aromatic carbocycles. The minimum absolute atomic E-state index is 0.271. The van der Waals surface area contributed by atoms with Crippen LogP contribution in [0.3, 0.4) is 0 Å². The van der Waals surface area contributed by atoms with Crippen molar-refractivity contribution in [3.05, 3.63) is 52.0 Å². The molecule has 4 nitrogen and oxygen atoms in total. The van der Waals surface area contributed by atoms with Crippen LogP contribution in [-0.2, 0) is 22.9 Å². The summed E-state index contributed by atoms with van der Waals surface area (Å²) in [4.78, 5) is -0.577. The molecule has 0 unspecified atom stereocenters. The summed E-state index contributed by atoms with van der Waals surface area (Å²) in [5.74, 6) is -0.788. The summed E-state index contributed by atoms with van der Waals surface area (Å²) in [7, 11) is -4.26. The third kappa shape index (κ3) is 4.32. The van der Waals surface area contributed by atoms with Crippen molar-refractivity contribution in [2.75, 3.05) is 4.72 Å². The number of fused-ring (bicyclic) bond motifs is 1. The summed E-state index contributed by atoms with van der Waals surface area (Å²) in [6, 6.07) is 8.68. The number of nitrogens with one attached hydrogen (secondary N) is 1. The van der Waals surface area contributed by atoms with Crippen LogP contribution in [0.4, 0.5) is 18.9 Å². The van der Waals surface area contributed by atoms with E-state index >= 15 is 0 Å². The molecular weight excluding hydrogens is 435 g/mol. The van der Waals surface area contributed by atoms with E-state index in [0.29, 0.717) is 5.69 Å². The Kier molecular flexibility index (Phi) is 5.21. The van der Waals surface area contributed by atoms with Gasteiger partial charge in [-0.3, -0.25) is 4.72 Å². The van der Waals surface area contributed by atoms with E-state index in [1.807, 2.05) is 6.07 Å². The monoisotopic (exact) mass is 449 g/mol. The number of rotatable bonds is 4. The Morgan fingerprint density at radius 2 is 1.81 bits per heavy atom. The Morgan fingerprint density at radius 3 is 2.54 bits per heavy atom. The normalized spacial score (nSPS) is 14.6. The summed E-state index contributed by atoms with van der Waals surface area (Å²) >= 11 is 3.02. The van der Waals surface area contributed by atoms with E-state index in [1.165, 1.54) is 6.07 Å². The van der Waals surface area contributed by atoms with Crippen molar-refractivity contribution in [2.24, 2.45) is 0 Å². The molecule has 0 bridgehead atoms. The van der Waals surface area contributed by atoms with E-state index < -0.39 is 27.0 Å². The van der Waals surface area contributed by atoms with Gasteiger partial charge in [0, 0.05) is 4.47 Å². The average molecular weight is 450 g/mol. The second-order valence-electron chi connectivity index (χ2n) is 5.89. The molecule has 0 atom stereocenters. The number of aryl methyl sites for hydroxylation is 1. The fraction of sp³-hybridized carbons (Fsp3) is 0.294. The molecule has 0 aliphatic heterocycles. The van der Waals surface area contributed by atoms with Crippen molar-refractivity contribution in [3.8, 4) is 5.75 Å². The van der Waals surface area contributed by atoms with Crippen molar-refractivity contribution >= 4 is 31.6 Å². The highest BCUT2D eigenvalue weighted by molar-refractivity contribution is 9.10. The lowest BCUT2D eigenvalue weighted by atomic mass is 9.91. The van der Waals surface area contributed by atoms with Crippen LogP contribution in [0.25, 0.3) is 0 Å². The number of anilines is 1. The summed E-state index contributed by atoms with van der Waals surface area (Å²) in [6.07, 6.45) is -1.46. The molecule has 0 radical (unpaired) electrons. The lowest BCUT2D eigenvalue weighted by molar-refractivity contribution is -0.275. The second kappa shape index (κ2) is 7.11. The molecule has 3 rings (SSSR count). The summed E-state index contributed by atoms with van der Waals surface area (Å²) in [5.41, 5.74) is 2.33. The fourth-order valence-electron chi connectivity index (χ4n) is 2.99. The smallest absolute Gasteiger partial charge is 0.404 e. The van der Waals surface area contributed by atoms with Crippen LogP contribution in [0, 0.1) is 0 Å². The van der Waals surface area contributed by atoms with Gasteiger partial charge in [-0.25, -0.2) is 8.42 Å². The van der Waals surface area contributed by atoms with Gasteiger partial charge in [0.1, 0.15) is 4.90 Å². The van der Waals surface area contributed by atoms with Gasteiger partial charge in [0.15, 0.2) is 5.75 Å². The number of halogens is 4. The maximum atomic E-state index is 12.7. The number of hydrogen-bond donors (Lipinski definition) is 1. The Morgan fingerprint density at radius 1 is 1.08 bits per heavy atom. The molecule has 0 heterocycles. The van der Waals surface area contributed by atoms with Crippen molar-refractivity contribution < 1.29 is 26.3 Å². The van der Waals surface area contributed by atoms with Gasteiger partial charge in [0.25, 0.3) is 10.0 Å². The van der Waals surface area contributed by atoms with E-state index in [0.717, 1.165) is 48.9 Å². The number of hydrogen-bond acceptors (Lipinski definition) is 3. The van der Waals surface area contributed by atoms with Gasteiger partial charge < -0.3 is 4.74 Å². The first-order chi connectivity index (χ1) is 12.2. The molecule has 1 aliphatic carbocycles. The quantitative estimate of drug-likeness (QED) is 0.712. The highest BCUT2D eigenvalue weighted by Gasteiger charge is 2.34. The second-order valence-corrected chi connectivity index (χ2v) is 8.46. The molecule has 0 saturated carbocycles. The van der Waals surface area contributed by atoms with E-state index in [-0.39, 0.29) is 4.47 Å². The Bertz CT molecular complexity index is 929. The standard InChI is InChI=1S/C17H15BrF3NO3S/c18-12-8-9-16(15(10-12)25-17(19,20)21)26(23,24)22-14-7-3-5-11-4-1-2-6-13(11)14/h3,5,7-10,22H,1-2,4,6H2. The summed E-state index contributed by atoms with van der Waals surface area (Å²) < 4.78 is 70.0. The molecule has 0 amide bonds. The van der Waals surface area contributed by atoms with Crippen LogP contribution < -0.4 is 9.46 Å². The van der Waals surface area contributed by atoms with Gasteiger partial charge in [-0.15, -0.1) is 13.2 Å². The molecule has 0 aromatic heterocycles. The molecule has 1 N–H and O–H groups in total. The van der Waals surface area contributed by atoms with Crippen LogP contribution in [-0.4, -0.2) is 14.8 Å². The third-order valence-corrected chi connectivity index (χ3v) is 5.96. The highest BCUT2D eigenvalue weighted by atomic mass is 79.9. The van der Waals surface area contributed by atoms with Crippen LogP contribution in [0.2, 0.25) is 0 Å². The summed E-state index contributed by atoms with van der Waals surface area (Å²) in [6.45, 7) is 0. The zero-order valence-corrected chi connectivity index (χ0v) is 15.8. The van der Waals surface area contributed by atoms with Gasteiger partial charge in [0.2, 0.25) is 0 Å². The molecule has 1 aliphatic rings. The maximum absolute atomic E-state index is 12.7. The molecule has 26 heavy (non-hydrogen) atoms. The molecule has 140 valence electrons. The predicted molar refractivity (Wildman–Crippen MR) is 94.7 cm³/mol. The van der Waals surface area contributed by atoms with Crippen LogP contribution >= 0.6 is 15.9 Å². The van der Waals surface area contributed by atoms with E-state index in [9.17, 15) is 21.6 Å². The lowest BCUT2D eigenvalue weighted by Crippen LogP contribution is -2.21. The number of sulfonamides is 1. The average Bonchev–Trinajstić information content (AvgIpc) is 2.53. The molecule has 0 fully saturated rings. The maximum Gasteiger partial charge on any atom is 0.573 e. The minimum Gasteiger partial charge on any atom is -0.404 e. The van der Waals surface area contributed by atoms with Gasteiger partial charge in [-0.05, 0) is 61.1 Å². The SMILES string of the molecule is O=S(=O)(Nc1cccc2c1CCCC2)c1ccc(Br)cc1OC(F)(F)F. The van der Waals surface area contributed by atoms with Crippen molar-refractivity contribution in [1.29, 1.82) is 0 Å².